The van der Waals surface area contributed by atoms with Crippen LogP contribution in [0.1, 0.15) is 16.1 Å². The van der Waals surface area contributed by atoms with Crippen molar-refractivity contribution in [3.8, 4) is 16.9 Å². The molecule has 0 aliphatic carbocycles. The summed E-state index contributed by atoms with van der Waals surface area (Å²) in [4.78, 5) is 13.6. The van der Waals surface area contributed by atoms with Gasteiger partial charge in [0.15, 0.2) is 5.69 Å². The number of aromatic nitrogens is 2. The maximum Gasteiger partial charge on any atom is 0.435 e. The number of halogens is 3. The van der Waals surface area contributed by atoms with Gasteiger partial charge < -0.3 is 4.90 Å². The highest BCUT2D eigenvalue weighted by Gasteiger charge is 2.35. The van der Waals surface area contributed by atoms with E-state index in [0.29, 0.717) is 16.8 Å². The summed E-state index contributed by atoms with van der Waals surface area (Å²) in [6.45, 7) is 0. The Labute approximate surface area is 148 Å². The smallest absolute Gasteiger partial charge is 0.345 e. The summed E-state index contributed by atoms with van der Waals surface area (Å²) in [5.41, 5.74) is 0.645. The molecule has 4 nitrogen and oxygen atoms in total. The SMILES string of the molecule is CN(C)C(=O)c1cccc(-c2cc(C(F)(F)F)nn2-c2ccccc2)c1. The Hall–Kier alpha value is -3.09. The second kappa shape index (κ2) is 6.67. The molecule has 0 aliphatic heterocycles. The summed E-state index contributed by atoms with van der Waals surface area (Å²) in [6.07, 6.45) is -4.56. The highest BCUT2D eigenvalue weighted by Crippen LogP contribution is 2.33. The van der Waals surface area contributed by atoms with E-state index in [2.05, 4.69) is 5.10 Å². The number of hydrogen-bond acceptors (Lipinski definition) is 2. The topological polar surface area (TPSA) is 38.1 Å². The standard InChI is InChI=1S/C19H16F3N3O/c1-24(2)18(26)14-8-6-7-13(11-14)16-12-17(19(20,21)22)23-25(16)15-9-4-3-5-10-15/h3-12H,1-2H3. The molecule has 3 rings (SSSR count). The Bertz CT molecular complexity index is 931. The Morgan fingerprint density at radius 3 is 2.31 bits per heavy atom. The van der Waals surface area contributed by atoms with Gasteiger partial charge in [-0.25, -0.2) is 4.68 Å². The number of amides is 1. The normalized spacial score (nSPS) is 11.4. The minimum atomic E-state index is -4.56. The molecule has 134 valence electrons. The first kappa shape index (κ1) is 17.7. The summed E-state index contributed by atoms with van der Waals surface area (Å²) in [6, 6.07) is 16.0. The van der Waals surface area contributed by atoms with Crippen LogP contribution in [0, 0.1) is 0 Å². The van der Waals surface area contributed by atoms with Crippen LogP contribution in [-0.2, 0) is 6.18 Å². The van der Waals surface area contributed by atoms with Gasteiger partial charge >= 0.3 is 6.18 Å². The molecule has 7 heteroatoms. The van der Waals surface area contributed by atoms with Crippen LogP contribution in [0.4, 0.5) is 13.2 Å². The van der Waals surface area contributed by atoms with Crippen LogP contribution in [0.3, 0.4) is 0 Å². The lowest BCUT2D eigenvalue weighted by Gasteiger charge is -2.12. The summed E-state index contributed by atoms with van der Waals surface area (Å²) in [5, 5.41) is 3.73. The van der Waals surface area contributed by atoms with Crippen molar-refractivity contribution in [2.45, 2.75) is 6.18 Å². The molecule has 0 N–H and O–H groups in total. The fourth-order valence-electron chi connectivity index (χ4n) is 2.56. The number of alkyl halides is 3. The maximum atomic E-state index is 13.2. The Morgan fingerprint density at radius 2 is 1.69 bits per heavy atom. The lowest BCUT2D eigenvalue weighted by molar-refractivity contribution is -0.141. The minimum Gasteiger partial charge on any atom is -0.345 e. The van der Waals surface area contributed by atoms with Gasteiger partial charge in [-0.2, -0.15) is 18.3 Å². The van der Waals surface area contributed by atoms with Crippen molar-refractivity contribution in [3.05, 3.63) is 71.9 Å². The number of rotatable bonds is 3. The molecule has 0 atom stereocenters. The molecule has 26 heavy (non-hydrogen) atoms. The molecule has 0 spiro atoms. The van der Waals surface area contributed by atoms with Crippen LogP contribution in [0.5, 0.6) is 0 Å². The zero-order valence-electron chi connectivity index (χ0n) is 14.2. The van der Waals surface area contributed by atoms with Gasteiger partial charge in [-0.05, 0) is 30.3 Å². The molecular weight excluding hydrogens is 343 g/mol. The number of para-hydroxylation sites is 1. The van der Waals surface area contributed by atoms with Crippen LogP contribution in [-0.4, -0.2) is 34.7 Å². The third kappa shape index (κ3) is 3.46. The van der Waals surface area contributed by atoms with E-state index in [0.717, 1.165) is 6.07 Å². The van der Waals surface area contributed by atoms with Crippen LogP contribution in [0.2, 0.25) is 0 Å². The van der Waals surface area contributed by atoms with Crippen LogP contribution < -0.4 is 0 Å². The highest BCUT2D eigenvalue weighted by atomic mass is 19.4. The molecule has 0 radical (unpaired) electrons. The van der Waals surface area contributed by atoms with Gasteiger partial charge in [-0.3, -0.25) is 4.79 Å². The van der Waals surface area contributed by atoms with E-state index in [-0.39, 0.29) is 11.6 Å². The lowest BCUT2D eigenvalue weighted by atomic mass is 10.1. The van der Waals surface area contributed by atoms with Gasteiger partial charge in [-0.15, -0.1) is 0 Å². The van der Waals surface area contributed by atoms with E-state index in [1.807, 2.05) is 0 Å². The summed E-state index contributed by atoms with van der Waals surface area (Å²) < 4.78 is 40.8. The third-order valence-corrected chi connectivity index (χ3v) is 3.81. The average molecular weight is 359 g/mol. The van der Waals surface area contributed by atoms with Crippen molar-refractivity contribution < 1.29 is 18.0 Å². The zero-order valence-corrected chi connectivity index (χ0v) is 14.2. The molecule has 2 aromatic carbocycles. The summed E-state index contributed by atoms with van der Waals surface area (Å²) in [5.74, 6) is -0.228. The predicted octanol–water partition coefficient (Wildman–Crippen LogP) is 4.26. The van der Waals surface area contributed by atoms with E-state index in [4.69, 9.17) is 0 Å². The Kier molecular flexibility index (Phi) is 4.54. The summed E-state index contributed by atoms with van der Waals surface area (Å²) >= 11 is 0. The number of carbonyl (C=O) groups excluding carboxylic acids is 1. The van der Waals surface area contributed by atoms with E-state index in [9.17, 15) is 18.0 Å². The Morgan fingerprint density at radius 1 is 1.00 bits per heavy atom. The molecular formula is C19H16F3N3O. The fraction of sp³-hybridized carbons (Fsp3) is 0.158. The van der Waals surface area contributed by atoms with E-state index >= 15 is 0 Å². The van der Waals surface area contributed by atoms with Gasteiger partial charge in [0.1, 0.15) is 0 Å². The van der Waals surface area contributed by atoms with Crippen LogP contribution in [0.25, 0.3) is 16.9 Å². The van der Waals surface area contributed by atoms with Crippen LogP contribution in [0.15, 0.2) is 60.7 Å². The molecule has 3 aromatic rings. The van der Waals surface area contributed by atoms with Crippen molar-refractivity contribution in [3.63, 3.8) is 0 Å². The third-order valence-electron chi connectivity index (χ3n) is 3.81. The largest absolute Gasteiger partial charge is 0.435 e. The molecule has 1 heterocycles. The Balaban J connectivity index is 2.17. The molecule has 1 aromatic heterocycles. The second-order valence-corrected chi connectivity index (χ2v) is 5.94. The quantitative estimate of drug-likeness (QED) is 0.701. The second-order valence-electron chi connectivity index (χ2n) is 5.94. The number of carbonyl (C=O) groups is 1. The van der Waals surface area contributed by atoms with E-state index in [1.54, 1.807) is 68.7 Å². The predicted molar refractivity (Wildman–Crippen MR) is 92.0 cm³/mol. The van der Waals surface area contributed by atoms with Gasteiger partial charge in [0, 0.05) is 25.2 Å². The van der Waals surface area contributed by atoms with Crippen molar-refractivity contribution in [1.82, 2.24) is 14.7 Å². The first-order chi connectivity index (χ1) is 12.3. The van der Waals surface area contributed by atoms with Crippen molar-refractivity contribution in [2.75, 3.05) is 14.1 Å². The highest BCUT2D eigenvalue weighted by molar-refractivity contribution is 5.95. The number of nitrogens with zero attached hydrogens (tertiary/aromatic N) is 3. The maximum absolute atomic E-state index is 13.2. The fourth-order valence-corrected chi connectivity index (χ4v) is 2.56. The van der Waals surface area contributed by atoms with Crippen molar-refractivity contribution >= 4 is 5.91 Å². The molecule has 0 bridgehead atoms. The summed E-state index contributed by atoms with van der Waals surface area (Å²) in [7, 11) is 3.23. The van der Waals surface area contributed by atoms with Gasteiger partial charge in [0.25, 0.3) is 5.91 Å². The van der Waals surface area contributed by atoms with E-state index < -0.39 is 11.9 Å². The first-order valence-corrected chi connectivity index (χ1v) is 7.82. The molecule has 0 saturated carbocycles. The molecule has 1 amide bonds. The van der Waals surface area contributed by atoms with Crippen molar-refractivity contribution in [1.29, 1.82) is 0 Å². The lowest BCUT2D eigenvalue weighted by Crippen LogP contribution is -2.21. The zero-order chi connectivity index (χ0) is 18.9. The average Bonchev–Trinajstić information content (AvgIpc) is 3.07. The monoisotopic (exact) mass is 359 g/mol. The van der Waals surface area contributed by atoms with Crippen LogP contribution >= 0.6 is 0 Å². The number of benzene rings is 2. The van der Waals surface area contributed by atoms with Gasteiger partial charge in [0.2, 0.25) is 0 Å². The minimum absolute atomic E-state index is 0.228. The molecule has 0 aliphatic rings. The molecule has 0 saturated heterocycles. The molecule has 0 unspecified atom stereocenters. The number of hydrogen-bond donors (Lipinski definition) is 0. The van der Waals surface area contributed by atoms with Gasteiger partial charge in [-0.1, -0.05) is 30.3 Å². The van der Waals surface area contributed by atoms with Crippen molar-refractivity contribution in [2.24, 2.45) is 0 Å². The van der Waals surface area contributed by atoms with Gasteiger partial charge in [0.05, 0.1) is 11.4 Å². The van der Waals surface area contributed by atoms with E-state index in [1.165, 1.54) is 9.58 Å². The first-order valence-electron chi connectivity index (χ1n) is 7.82. The molecule has 0 fully saturated rings.